The lowest BCUT2D eigenvalue weighted by molar-refractivity contribution is 0.414. The van der Waals surface area contributed by atoms with Gasteiger partial charge in [-0.15, -0.1) is 10.2 Å². The zero-order chi connectivity index (χ0) is 9.97. The number of hydrogen-bond acceptors (Lipinski definition) is 5. The first-order valence-electron chi connectivity index (χ1n) is 5.05. The van der Waals surface area contributed by atoms with Crippen molar-refractivity contribution in [3.63, 3.8) is 0 Å². The van der Waals surface area contributed by atoms with E-state index in [1.165, 1.54) is 13.0 Å². The summed E-state index contributed by atoms with van der Waals surface area (Å²) in [5, 5.41) is 13.7. The molecule has 1 aliphatic heterocycles. The van der Waals surface area contributed by atoms with E-state index >= 15 is 0 Å². The molecular weight excluding hydrogens is 196 g/mol. The zero-order valence-corrected chi connectivity index (χ0v) is 9.47. The fourth-order valence-electron chi connectivity index (χ4n) is 1.68. The third-order valence-electron chi connectivity index (χ3n) is 2.49. The van der Waals surface area contributed by atoms with Crippen LogP contribution in [-0.2, 0) is 6.42 Å². The summed E-state index contributed by atoms with van der Waals surface area (Å²) in [5.74, 6) is 0. The normalized spacial score (nSPS) is 22.9. The van der Waals surface area contributed by atoms with E-state index in [9.17, 15) is 0 Å². The van der Waals surface area contributed by atoms with Crippen LogP contribution in [0.4, 0.5) is 5.13 Å². The van der Waals surface area contributed by atoms with Crippen molar-refractivity contribution in [1.29, 1.82) is 0 Å². The van der Waals surface area contributed by atoms with Crippen molar-refractivity contribution >= 4 is 16.5 Å². The molecule has 0 amide bonds. The largest absolute Gasteiger partial charge is 0.356 e. The maximum Gasteiger partial charge on any atom is 0.205 e. The van der Waals surface area contributed by atoms with Crippen LogP contribution >= 0.6 is 11.3 Å². The standard InChI is InChI=1S/C9H16N4S/c1-3-8-11-12-9(14-8)10-7-4-5-13(2)6-7/h7H,3-6H2,1-2H3,(H,10,12). The second kappa shape index (κ2) is 4.23. The Bertz CT molecular complexity index is 299. The van der Waals surface area contributed by atoms with E-state index in [-0.39, 0.29) is 0 Å². The minimum Gasteiger partial charge on any atom is -0.356 e. The van der Waals surface area contributed by atoms with Crippen LogP contribution in [0.25, 0.3) is 0 Å². The molecule has 1 aromatic rings. The van der Waals surface area contributed by atoms with Gasteiger partial charge in [-0.25, -0.2) is 0 Å². The zero-order valence-electron chi connectivity index (χ0n) is 8.66. The van der Waals surface area contributed by atoms with Gasteiger partial charge in [0, 0.05) is 12.6 Å². The fourth-order valence-corrected chi connectivity index (χ4v) is 2.44. The minimum absolute atomic E-state index is 0.553. The van der Waals surface area contributed by atoms with Gasteiger partial charge in [0.15, 0.2) is 0 Å². The predicted molar refractivity (Wildman–Crippen MR) is 58.8 cm³/mol. The van der Waals surface area contributed by atoms with E-state index in [0.717, 1.165) is 23.1 Å². The average molecular weight is 212 g/mol. The molecule has 5 heteroatoms. The molecule has 0 aromatic carbocycles. The number of likely N-dealkylation sites (tertiary alicyclic amines) is 1. The Morgan fingerprint density at radius 1 is 1.57 bits per heavy atom. The Balaban J connectivity index is 1.90. The third kappa shape index (κ3) is 2.22. The second-order valence-corrected chi connectivity index (χ2v) is 4.81. The minimum atomic E-state index is 0.553. The van der Waals surface area contributed by atoms with Gasteiger partial charge in [0.2, 0.25) is 5.13 Å². The van der Waals surface area contributed by atoms with Crippen molar-refractivity contribution < 1.29 is 0 Å². The summed E-state index contributed by atoms with van der Waals surface area (Å²) >= 11 is 1.67. The van der Waals surface area contributed by atoms with Crippen LogP contribution in [0.2, 0.25) is 0 Å². The van der Waals surface area contributed by atoms with E-state index in [2.05, 4.69) is 34.4 Å². The molecule has 4 nitrogen and oxygen atoms in total. The van der Waals surface area contributed by atoms with Gasteiger partial charge >= 0.3 is 0 Å². The molecule has 0 spiro atoms. The Labute approximate surface area is 88.3 Å². The van der Waals surface area contributed by atoms with Crippen LogP contribution in [0.15, 0.2) is 0 Å². The van der Waals surface area contributed by atoms with Crippen molar-refractivity contribution in [1.82, 2.24) is 15.1 Å². The van der Waals surface area contributed by atoms with Crippen molar-refractivity contribution in [2.45, 2.75) is 25.8 Å². The number of aromatic nitrogens is 2. The van der Waals surface area contributed by atoms with Crippen molar-refractivity contribution in [3.05, 3.63) is 5.01 Å². The first-order chi connectivity index (χ1) is 6.78. The molecule has 0 saturated carbocycles. The number of nitrogens with one attached hydrogen (secondary N) is 1. The number of anilines is 1. The highest BCUT2D eigenvalue weighted by Gasteiger charge is 2.20. The number of rotatable bonds is 3. The van der Waals surface area contributed by atoms with E-state index in [1.54, 1.807) is 11.3 Å². The highest BCUT2D eigenvalue weighted by molar-refractivity contribution is 7.15. The molecule has 1 fully saturated rings. The van der Waals surface area contributed by atoms with Gasteiger partial charge in [-0.05, 0) is 26.4 Å². The number of aryl methyl sites for hydroxylation is 1. The molecule has 1 aliphatic rings. The van der Waals surface area contributed by atoms with Gasteiger partial charge in [0.05, 0.1) is 0 Å². The second-order valence-electron chi connectivity index (χ2n) is 3.75. The molecule has 1 saturated heterocycles. The maximum absolute atomic E-state index is 4.11. The molecule has 14 heavy (non-hydrogen) atoms. The topological polar surface area (TPSA) is 41.1 Å². The third-order valence-corrected chi connectivity index (χ3v) is 3.49. The number of likely N-dealkylation sites (N-methyl/N-ethyl adjacent to an activating group) is 1. The summed E-state index contributed by atoms with van der Waals surface area (Å²) in [5.41, 5.74) is 0. The predicted octanol–water partition coefficient (Wildman–Crippen LogP) is 1.22. The average Bonchev–Trinajstić information content (AvgIpc) is 2.76. The van der Waals surface area contributed by atoms with Crippen LogP contribution in [0, 0.1) is 0 Å². The lowest BCUT2D eigenvalue weighted by atomic mass is 10.3. The van der Waals surface area contributed by atoms with E-state index in [4.69, 9.17) is 0 Å². The number of hydrogen-bond donors (Lipinski definition) is 1. The summed E-state index contributed by atoms with van der Waals surface area (Å²) in [6, 6.07) is 0.553. The van der Waals surface area contributed by atoms with Crippen LogP contribution in [0.1, 0.15) is 18.4 Å². The van der Waals surface area contributed by atoms with Crippen molar-refractivity contribution in [2.75, 3.05) is 25.5 Å². The fraction of sp³-hybridized carbons (Fsp3) is 0.778. The molecule has 1 atom stereocenters. The van der Waals surface area contributed by atoms with Crippen LogP contribution in [0.5, 0.6) is 0 Å². The molecule has 78 valence electrons. The van der Waals surface area contributed by atoms with Gasteiger partial charge in [-0.3, -0.25) is 0 Å². The maximum atomic E-state index is 4.11. The Morgan fingerprint density at radius 2 is 2.43 bits per heavy atom. The van der Waals surface area contributed by atoms with E-state index < -0.39 is 0 Å². The molecule has 1 aromatic heterocycles. The van der Waals surface area contributed by atoms with Gasteiger partial charge in [0.1, 0.15) is 5.01 Å². The van der Waals surface area contributed by atoms with Gasteiger partial charge in [-0.1, -0.05) is 18.3 Å². The molecule has 0 radical (unpaired) electrons. The quantitative estimate of drug-likeness (QED) is 0.818. The molecular formula is C9H16N4S. The SMILES string of the molecule is CCc1nnc(NC2CCN(C)C2)s1. The first-order valence-corrected chi connectivity index (χ1v) is 5.87. The molecule has 1 N–H and O–H groups in total. The first kappa shape index (κ1) is 9.86. The van der Waals surface area contributed by atoms with Crippen molar-refractivity contribution in [2.24, 2.45) is 0 Å². The summed E-state index contributed by atoms with van der Waals surface area (Å²) in [7, 11) is 2.15. The van der Waals surface area contributed by atoms with Gasteiger partial charge < -0.3 is 10.2 Å². The molecule has 0 aliphatic carbocycles. The van der Waals surface area contributed by atoms with Gasteiger partial charge in [0.25, 0.3) is 0 Å². The molecule has 1 unspecified atom stereocenters. The van der Waals surface area contributed by atoms with Crippen LogP contribution in [-0.4, -0.2) is 41.3 Å². The van der Waals surface area contributed by atoms with Crippen LogP contribution in [0.3, 0.4) is 0 Å². The lowest BCUT2D eigenvalue weighted by Gasteiger charge is -2.10. The highest BCUT2D eigenvalue weighted by Crippen LogP contribution is 2.19. The molecule has 2 rings (SSSR count). The highest BCUT2D eigenvalue weighted by atomic mass is 32.1. The monoisotopic (exact) mass is 212 g/mol. The van der Waals surface area contributed by atoms with Crippen LogP contribution < -0.4 is 5.32 Å². The van der Waals surface area contributed by atoms with Crippen molar-refractivity contribution in [3.8, 4) is 0 Å². The molecule has 2 heterocycles. The van der Waals surface area contributed by atoms with Gasteiger partial charge in [-0.2, -0.15) is 0 Å². The Kier molecular flexibility index (Phi) is 2.98. The Morgan fingerprint density at radius 3 is 3.00 bits per heavy atom. The summed E-state index contributed by atoms with van der Waals surface area (Å²) in [4.78, 5) is 2.33. The Hall–Kier alpha value is -0.680. The smallest absolute Gasteiger partial charge is 0.205 e. The summed E-state index contributed by atoms with van der Waals surface area (Å²) < 4.78 is 0. The number of nitrogens with zero attached hydrogens (tertiary/aromatic N) is 3. The lowest BCUT2D eigenvalue weighted by Crippen LogP contribution is -2.23. The summed E-state index contributed by atoms with van der Waals surface area (Å²) in [6.07, 6.45) is 2.18. The van der Waals surface area contributed by atoms with E-state index in [0.29, 0.717) is 6.04 Å². The van der Waals surface area contributed by atoms with E-state index in [1.807, 2.05) is 0 Å². The summed E-state index contributed by atoms with van der Waals surface area (Å²) in [6.45, 7) is 4.39. The molecule has 0 bridgehead atoms.